The fourth-order valence-corrected chi connectivity index (χ4v) is 3.29. The van der Waals surface area contributed by atoms with E-state index in [9.17, 15) is 18.0 Å². The van der Waals surface area contributed by atoms with Gasteiger partial charge in [-0.15, -0.1) is 0 Å². The number of carbonyl (C=O) groups is 2. The van der Waals surface area contributed by atoms with Crippen LogP contribution < -0.4 is 4.74 Å². The van der Waals surface area contributed by atoms with Gasteiger partial charge < -0.3 is 14.2 Å². The Hall–Kier alpha value is -2.13. The van der Waals surface area contributed by atoms with E-state index in [-0.39, 0.29) is 28.7 Å². The van der Waals surface area contributed by atoms with Gasteiger partial charge in [-0.3, -0.25) is 0 Å². The summed E-state index contributed by atoms with van der Waals surface area (Å²) in [5.74, 6) is -1.30. The molecule has 0 amide bonds. The second-order valence-corrected chi connectivity index (χ2v) is 7.65. The van der Waals surface area contributed by atoms with Crippen molar-refractivity contribution < 1.29 is 32.2 Å². The summed E-state index contributed by atoms with van der Waals surface area (Å²) in [4.78, 5) is 23.6. The van der Waals surface area contributed by atoms with Gasteiger partial charge in [-0.05, 0) is 25.1 Å². The van der Waals surface area contributed by atoms with E-state index in [4.69, 9.17) is 14.2 Å². The van der Waals surface area contributed by atoms with Crippen LogP contribution >= 0.6 is 0 Å². The molecule has 24 heavy (non-hydrogen) atoms. The highest BCUT2D eigenvalue weighted by molar-refractivity contribution is 7.89. The highest BCUT2D eigenvalue weighted by Gasteiger charge is 2.35. The van der Waals surface area contributed by atoms with Crippen LogP contribution in [-0.4, -0.2) is 58.1 Å². The minimum absolute atomic E-state index is 0.00331. The molecule has 0 N–H and O–H groups in total. The van der Waals surface area contributed by atoms with E-state index in [1.807, 2.05) is 0 Å². The van der Waals surface area contributed by atoms with Gasteiger partial charge in [0.1, 0.15) is 16.7 Å². The summed E-state index contributed by atoms with van der Waals surface area (Å²) in [6.45, 7) is 1.70. The van der Waals surface area contributed by atoms with Crippen LogP contribution in [0, 0.1) is 0 Å². The molecule has 1 aliphatic rings. The molecule has 1 heterocycles. The molecule has 8 nitrogen and oxygen atoms in total. The molecule has 0 aromatic heterocycles. The molecule has 1 aromatic carbocycles. The van der Waals surface area contributed by atoms with Crippen LogP contribution in [0.3, 0.4) is 0 Å². The third-order valence-electron chi connectivity index (χ3n) is 3.53. The SMILES string of the molecule is COc1ccc(C(=O)OC2CC(C)OC2=O)cc1S(=O)(=O)N(C)C. The smallest absolute Gasteiger partial charge is 0.347 e. The molecule has 1 aromatic rings. The van der Waals surface area contributed by atoms with Gasteiger partial charge in [-0.1, -0.05) is 0 Å². The van der Waals surface area contributed by atoms with E-state index in [1.54, 1.807) is 6.92 Å². The van der Waals surface area contributed by atoms with Crippen molar-refractivity contribution in [1.29, 1.82) is 0 Å². The Balaban J connectivity index is 2.32. The number of rotatable bonds is 5. The fourth-order valence-electron chi connectivity index (χ4n) is 2.22. The topological polar surface area (TPSA) is 99.2 Å². The van der Waals surface area contributed by atoms with E-state index in [0.29, 0.717) is 0 Å². The van der Waals surface area contributed by atoms with E-state index < -0.39 is 28.1 Å². The number of esters is 2. The molecular weight excluding hydrogens is 338 g/mol. The van der Waals surface area contributed by atoms with Gasteiger partial charge in [0.2, 0.25) is 16.1 Å². The number of ether oxygens (including phenoxy) is 3. The Bertz CT molecular complexity index is 757. The largest absolute Gasteiger partial charge is 0.495 e. The zero-order valence-electron chi connectivity index (χ0n) is 13.8. The Labute approximate surface area is 140 Å². The lowest BCUT2D eigenvalue weighted by Gasteiger charge is -2.15. The molecule has 1 fully saturated rings. The minimum atomic E-state index is -3.81. The lowest BCUT2D eigenvalue weighted by atomic mass is 10.2. The first kappa shape index (κ1) is 18.2. The zero-order chi connectivity index (χ0) is 18.1. The second kappa shape index (κ2) is 6.78. The van der Waals surface area contributed by atoms with Crippen LogP contribution in [0.5, 0.6) is 5.75 Å². The van der Waals surface area contributed by atoms with Crippen molar-refractivity contribution in [2.45, 2.75) is 30.4 Å². The second-order valence-electron chi connectivity index (χ2n) is 5.53. The number of hydrogen-bond acceptors (Lipinski definition) is 7. The molecule has 0 radical (unpaired) electrons. The normalized spacial score (nSPS) is 20.8. The fraction of sp³-hybridized carbons (Fsp3) is 0.467. The summed E-state index contributed by atoms with van der Waals surface area (Å²) in [5, 5.41) is 0. The van der Waals surface area contributed by atoms with Crippen molar-refractivity contribution in [2.75, 3.05) is 21.2 Å². The predicted octanol–water partition coefficient (Wildman–Crippen LogP) is 0.806. The van der Waals surface area contributed by atoms with E-state index >= 15 is 0 Å². The lowest BCUT2D eigenvalue weighted by molar-refractivity contribution is -0.147. The van der Waals surface area contributed by atoms with Gasteiger partial charge in [0.05, 0.1) is 12.7 Å². The molecule has 0 spiro atoms. The highest BCUT2D eigenvalue weighted by Crippen LogP contribution is 2.28. The Morgan fingerprint density at radius 2 is 2.00 bits per heavy atom. The van der Waals surface area contributed by atoms with E-state index in [0.717, 1.165) is 4.31 Å². The first-order chi connectivity index (χ1) is 11.2. The molecule has 2 atom stereocenters. The van der Waals surface area contributed by atoms with Crippen LogP contribution in [0.15, 0.2) is 23.1 Å². The van der Waals surface area contributed by atoms with Gasteiger partial charge in [0.15, 0.2) is 0 Å². The van der Waals surface area contributed by atoms with Crippen LogP contribution in [0.1, 0.15) is 23.7 Å². The number of nitrogens with zero attached hydrogens (tertiary/aromatic N) is 1. The van der Waals surface area contributed by atoms with Crippen molar-refractivity contribution in [3.05, 3.63) is 23.8 Å². The number of benzene rings is 1. The number of sulfonamides is 1. The summed E-state index contributed by atoms with van der Waals surface area (Å²) in [7, 11) is 0.259. The standard InChI is InChI=1S/C15H19NO7S/c1-9-7-12(15(18)22-9)23-14(17)10-5-6-11(21-4)13(8-10)24(19,20)16(2)3/h5-6,8-9,12H,7H2,1-4H3. The highest BCUT2D eigenvalue weighted by atomic mass is 32.2. The molecule has 132 valence electrons. The average Bonchev–Trinajstić information content (AvgIpc) is 2.83. The summed E-state index contributed by atoms with van der Waals surface area (Å²) in [6.07, 6.45) is -1.04. The van der Waals surface area contributed by atoms with Crippen LogP contribution in [0.2, 0.25) is 0 Å². The number of hydrogen-bond donors (Lipinski definition) is 0. The van der Waals surface area contributed by atoms with Gasteiger partial charge >= 0.3 is 11.9 Å². The third-order valence-corrected chi connectivity index (χ3v) is 5.37. The van der Waals surface area contributed by atoms with Crippen LogP contribution in [-0.2, 0) is 24.3 Å². The number of methoxy groups -OCH3 is 1. The summed E-state index contributed by atoms with van der Waals surface area (Å²) in [5.41, 5.74) is 0.00331. The zero-order valence-corrected chi connectivity index (χ0v) is 14.6. The van der Waals surface area contributed by atoms with E-state index in [2.05, 4.69) is 0 Å². The number of cyclic esters (lactones) is 1. The Morgan fingerprint density at radius 1 is 1.33 bits per heavy atom. The number of carbonyl (C=O) groups excluding carboxylic acids is 2. The predicted molar refractivity (Wildman–Crippen MR) is 83.2 cm³/mol. The molecule has 1 aliphatic heterocycles. The average molecular weight is 357 g/mol. The van der Waals surface area contributed by atoms with Gasteiger partial charge in [-0.2, -0.15) is 0 Å². The van der Waals surface area contributed by atoms with Gasteiger partial charge in [0, 0.05) is 20.5 Å². The van der Waals surface area contributed by atoms with Crippen molar-refractivity contribution in [3.63, 3.8) is 0 Å². The van der Waals surface area contributed by atoms with Crippen molar-refractivity contribution >= 4 is 22.0 Å². The maximum atomic E-state index is 12.3. The first-order valence-corrected chi connectivity index (χ1v) is 8.63. The lowest BCUT2D eigenvalue weighted by Crippen LogP contribution is -2.24. The van der Waals surface area contributed by atoms with Crippen molar-refractivity contribution in [2.24, 2.45) is 0 Å². The quantitative estimate of drug-likeness (QED) is 0.719. The summed E-state index contributed by atoms with van der Waals surface area (Å²) in [6, 6.07) is 3.91. The summed E-state index contributed by atoms with van der Waals surface area (Å²) < 4.78 is 40.8. The molecule has 0 aliphatic carbocycles. The third kappa shape index (κ3) is 3.51. The molecular formula is C15H19NO7S. The van der Waals surface area contributed by atoms with Gasteiger partial charge in [-0.25, -0.2) is 22.3 Å². The van der Waals surface area contributed by atoms with Crippen molar-refractivity contribution in [3.8, 4) is 5.75 Å². The Morgan fingerprint density at radius 3 is 2.50 bits per heavy atom. The molecule has 0 bridgehead atoms. The summed E-state index contributed by atoms with van der Waals surface area (Å²) >= 11 is 0. The van der Waals surface area contributed by atoms with Crippen LogP contribution in [0.4, 0.5) is 0 Å². The maximum Gasteiger partial charge on any atom is 0.347 e. The van der Waals surface area contributed by atoms with E-state index in [1.165, 1.54) is 39.4 Å². The molecule has 1 saturated heterocycles. The maximum absolute atomic E-state index is 12.3. The first-order valence-electron chi connectivity index (χ1n) is 7.19. The Kier molecular flexibility index (Phi) is 5.14. The molecule has 0 saturated carbocycles. The molecule has 2 rings (SSSR count). The van der Waals surface area contributed by atoms with Gasteiger partial charge in [0.25, 0.3) is 0 Å². The minimum Gasteiger partial charge on any atom is -0.495 e. The molecule has 9 heteroatoms. The monoisotopic (exact) mass is 357 g/mol. The molecule has 2 unspecified atom stereocenters. The van der Waals surface area contributed by atoms with Crippen molar-refractivity contribution in [1.82, 2.24) is 4.31 Å². The van der Waals surface area contributed by atoms with Crippen LogP contribution in [0.25, 0.3) is 0 Å².